The highest BCUT2D eigenvalue weighted by atomic mass is 32.1. The molecular weight excluding hydrogens is 170 g/mol. The summed E-state index contributed by atoms with van der Waals surface area (Å²) in [5, 5.41) is 10.5. The van der Waals surface area contributed by atoms with Gasteiger partial charge in [0, 0.05) is 0 Å². The molecule has 0 radical (unpaired) electrons. The molecule has 2 aromatic rings. The van der Waals surface area contributed by atoms with Crippen LogP contribution in [0.5, 0.6) is 5.75 Å². The van der Waals surface area contributed by atoms with Gasteiger partial charge in [0.05, 0.1) is 15.2 Å². The number of rotatable bonds is 0. The first-order valence-corrected chi connectivity index (χ1v) is 4.55. The number of phenols is 1. The van der Waals surface area contributed by atoms with Gasteiger partial charge in [-0.3, -0.25) is 0 Å². The molecule has 3 heteroatoms. The quantitative estimate of drug-likeness (QED) is 0.674. The van der Waals surface area contributed by atoms with E-state index in [-0.39, 0.29) is 0 Å². The summed E-state index contributed by atoms with van der Waals surface area (Å²) in [5.74, 6) is 0.343. The maximum Gasteiger partial charge on any atom is 0.135 e. The van der Waals surface area contributed by atoms with E-state index >= 15 is 0 Å². The van der Waals surface area contributed by atoms with Crippen molar-refractivity contribution in [1.82, 2.24) is 4.98 Å². The monoisotopic (exact) mass is 179 g/mol. The average molecular weight is 179 g/mol. The lowest BCUT2D eigenvalue weighted by Gasteiger charge is -1.94. The Morgan fingerprint density at radius 1 is 1.33 bits per heavy atom. The van der Waals surface area contributed by atoms with Gasteiger partial charge in [0.2, 0.25) is 0 Å². The van der Waals surface area contributed by atoms with Gasteiger partial charge in [0.25, 0.3) is 0 Å². The largest absolute Gasteiger partial charge is 0.506 e. The summed E-state index contributed by atoms with van der Waals surface area (Å²) in [5.41, 5.74) is 1.94. The third-order valence-corrected chi connectivity index (χ3v) is 2.73. The number of hydrogen-bond donors (Lipinski definition) is 1. The smallest absolute Gasteiger partial charge is 0.135 e. The Morgan fingerprint density at radius 2 is 2.08 bits per heavy atom. The van der Waals surface area contributed by atoms with Crippen LogP contribution in [-0.4, -0.2) is 10.1 Å². The van der Waals surface area contributed by atoms with Gasteiger partial charge in [-0.25, -0.2) is 4.98 Å². The third kappa shape index (κ3) is 1.06. The second-order valence-electron chi connectivity index (χ2n) is 2.87. The number of thiazole rings is 1. The highest BCUT2D eigenvalue weighted by Gasteiger charge is 2.05. The van der Waals surface area contributed by atoms with Crippen molar-refractivity contribution in [3.63, 3.8) is 0 Å². The highest BCUT2D eigenvalue weighted by molar-refractivity contribution is 7.18. The first-order valence-electron chi connectivity index (χ1n) is 3.73. The third-order valence-electron chi connectivity index (χ3n) is 1.72. The molecule has 0 aliphatic carbocycles. The zero-order chi connectivity index (χ0) is 8.72. The summed E-state index contributed by atoms with van der Waals surface area (Å²) in [6.45, 7) is 3.90. The van der Waals surface area contributed by atoms with Crippen molar-refractivity contribution in [3.8, 4) is 5.75 Å². The molecule has 1 heterocycles. The highest BCUT2D eigenvalue weighted by Crippen LogP contribution is 2.30. The van der Waals surface area contributed by atoms with Crippen LogP contribution in [0.15, 0.2) is 12.1 Å². The molecule has 62 valence electrons. The van der Waals surface area contributed by atoms with Crippen molar-refractivity contribution in [2.24, 2.45) is 0 Å². The summed E-state index contributed by atoms with van der Waals surface area (Å²) in [7, 11) is 0. The predicted molar refractivity (Wildman–Crippen MR) is 50.8 cm³/mol. The summed E-state index contributed by atoms with van der Waals surface area (Å²) in [6, 6.07) is 3.75. The Hall–Kier alpha value is -1.09. The van der Waals surface area contributed by atoms with Gasteiger partial charge in [-0.1, -0.05) is 0 Å². The molecule has 0 unspecified atom stereocenters. The fourth-order valence-corrected chi connectivity index (χ4v) is 2.08. The summed E-state index contributed by atoms with van der Waals surface area (Å²) in [4.78, 5) is 4.29. The summed E-state index contributed by atoms with van der Waals surface area (Å²) >= 11 is 1.53. The number of benzene rings is 1. The zero-order valence-corrected chi connectivity index (χ0v) is 7.77. The normalized spacial score (nSPS) is 10.8. The van der Waals surface area contributed by atoms with Gasteiger partial charge >= 0.3 is 0 Å². The molecule has 1 aromatic heterocycles. The van der Waals surface area contributed by atoms with E-state index in [1.54, 1.807) is 6.07 Å². The van der Waals surface area contributed by atoms with Gasteiger partial charge < -0.3 is 5.11 Å². The molecule has 0 amide bonds. The topological polar surface area (TPSA) is 33.1 Å². The first kappa shape index (κ1) is 7.55. The predicted octanol–water partition coefficient (Wildman–Crippen LogP) is 2.62. The molecule has 2 rings (SSSR count). The minimum atomic E-state index is 0.343. The van der Waals surface area contributed by atoms with Gasteiger partial charge in [-0.05, 0) is 31.5 Å². The number of fused-ring (bicyclic) bond motifs is 1. The summed E-state index contributed by atoms with van der Waals surface area (Å²) < 4.78 is 0.887. The Labute approximate surface area is 74.5 Å². The molecule has 0 aliphatic heterocycles. The molecule has 1 aromatic carbocycles. The minimum absolute atomic E-state index is 0.343. The van der Waals surface area contributed by atoms with Crippen LogP contribution in [0.4, 0.5) is 0 Å². The van der Waals surface area contributed by atoms with Gasteiger partial charge in [-0.2, -0.15) is 0 Å². The van der Waals surface area contributed by atoms with Gasteiger partial charge in [-0.15, -0.1) is 11.3 Å². The van der Waals surface area contributed by atoms with E-state index in [1.807, 2.05) is 19.9 Å². The standard InChI is InChI=1S/C9H9NOS/c1-5-3-7-9(8(11)4-5)12-6(2)10-7/h3-4,11H,1-2H3. The average Bonchev–Trinajstić information content (AvgIpc) is 2.29. The van der Waals surface area contributed by atoms with Crippen LogP contribution >= 0.6 is 11.3 Å². The number of aromatic hydroxyl groups is 1. The SMILES string of the molecule is Cc1cc(O)c2sc(C)nc2c1. The number of aromatic nitrogens is 1. The second kappa shape index (κ2) is 2.45. The second-order valence-corrected chi connectivity index (χ2v) is 4.07. The van der Waals surface area contributed by atoms with E-state index in [1.165, 1.54) is 11.3 Å². The van der Waals surface area contributed by atoms with Crippen molar-refractivity contribution < 1.29 is 5.11 Å². The molecule has 0 saturated carbocycles. The zero-order valence-electron chi connectivity index (χ0n) is 6.96. The van der Waals surface area contributed by atoms with Gasteiger partial charge in [0.15, 0.2) is 0 Å². The van der Waals surface area contributed by atoms with Crippen molar-refractivity contribution >= 4 is 21.6 Å². The molecule has 12 heavy (non-hydrogen) atoms. The van der Waals surface area contributed by atoms with Crippen LogP contribution < -0.4 is 0 Å². The molecule has 1 N–H and O–H groups in total. The van der Waals surface area contributed by atoms with E-state index in [0.717, 1.165) is 20.8 Å². The molecule has 0 aliphatic rings. The fraction of sp³-hybridized carbons (Fsp3) is 0.222. The maximum atomic E-state index is 9.54. The van der Waals surface area contributed by atoms with Crippen molar-refractivity contribution in [2.45, 2.75) is 13.8 Å². The molecule has 0 atom stereocenters. The van der Waals surface area contributed by atoms with E-state index in [2.05, 4.69) is 4.98 Å². The lowest BCUT2D eigenvalue weighted by Crippen LogP contribution is -1.73. The molecule has 0 spiro atoms. The van der Waals surface area contributed by atoms with Crippen LogP contribution in [0.25, 0.3) is 10.2 Å². The fourth-order valence-electron chi connectivity index (χ4n) is 1.26. The van der Waals surface area contributed by atoms with Crippen molar-refractivity contribution in [3.05, 3.63) is 22.7 Å². The Bertz CT molecular complexity index is 433. The van der Waals surface area contributed by atoms with Crippen LogP contribution in [0, 0.1) is 13.8 Å². The van der Waals surface area contributed by atoms with Crippen molar-refractivity contribution in [2.75, 3.05) is 0 Å². The summed E-state index contributed by atoms with van der Waals surface area (Å²) in [6.07, 6.45) is 0. The minimum Gasteiger partial charge on any atom is -0.506 e. The Balaban J connectivity index is 2.88. The number of nitrogens with zero attached hydrogens (tertiary/aromatic N) is 1. The van der Waals surface area contributed by atoms with Crippen LogP contribution in [0.2, 0.25) is 0 Å². The Morgan fingerprint density at radius 3 is 2.83 bits per heavy atom. The van der Waals surface area contributed by atoms with Crippen LogP contribution in [0.1, 0.15) is 10.6 Å². The molecule has 0 fully saturated rings. The lowest BCUT2D eigenvalue weighted by atomic mass is 10.2. The van der Waals surface area contributed by atoms with Crippen LogP contribution in [0.3, 0.4) is 0 Å². The van der Waals surface area contributed by atoms with Crippen LogP contribution in [-0.2, 0) is 0 Å². The van der Waals surface area contributed by atoms with E-state index in [9.17, 15) is 5.11 Å². The molecule has 0 saturated heterocycles. The number of aryl methyl sites for hydroxylation is 2. The Kier molecular flexibility index (Phi) is 1.54. The first-order chi connectivity index (χ1) is 5.66. The van der Waals surface area contributed by atoms with E-state index in [4.69, 9.17) is 0 Å². The van der Waals surface area contributed by atoms with E-state index < -0.39 is 0 Å². The lowest BCUT2D eigenvalue weighted by molar-refractivity contribution is 0.482. The van der Waals surface area contributed by atoms with E-state index in [0.29, 0.717) is 5.75 Å². The molecule has 0 bridgehead atoms. The van der Waals surface area contributed by atoms with Gasteiger partial charge in [0.1, 0.15) is 5.75 Å². The number of phenolic OH excluding ortho intramolecular Hbond substituents is 1. The molecular formula is C9H9NOS. The molecule has 2 nitrogen and oxygen atoms in total. The van der Waals surface area contributed by atoms with Crippen molar-refractivity contribution in [1.29, 1.82) is 0 Å². The maximum absolute atomic E-state index is 9.54. The number of hydrogen-bond acceptors (Lipinski definition) is 3.